The Morgan fingerprint density at radius 3 is 2.75 bits per heavy atom. The molecule has 1 atom stereocenters. The molecule has 0 aliphatic carbocycles. The number of rotatable bonds is 3. The summed E-state index contributed by atoms with van der Waals surface area (Å²) in [7, 11) is 0. The van der Waals surface area contributed by atoms with Crippen LogP contribution in [0.1, 0.15) is 32.9 Å². The minimum atomic E-state index is -0.746. The lowest BCUT2D eigenvalue weighted by atomic mass is 9.81. The van der Waals surface area contributed by atoms with E-state index in [4.69, 9.17) is 14.6 Å². The average molecular weight is 398 g/mol. The van der Waals surface area contributed by atoms with Gasteiger partial charge in [0.15, 0.2) is 0 Å². The largest absolute Gasteiger partial charge is 0.491 e. The van der Waals surface area contributed by atoms with E-state index in [1.807, 2.05) is 43.3 Å². The van der Waals surface area contributed by atoms with Gasteiger partial charge < -0.3 is 15.2 Å². The van der Waals surface area contributed by atoms with Crippen LogP contribution >= 0.6 is 11.5 Å². The molecule has 0 saturated heterocycles. The molecule has 0 bridgehead atoms. The maximum absolute atomic E-state index is 12.8. The van der Waals surface area contributed by atoms with Gasteiger partial charge in [0.05, 0.1) is 12.8 Å². The monoisotopic (exact) mass is 398 g/mol. The molecule has 1 aliphatic rings. The zero-order valence-electron chi connectivity index (χ0n) is 15.0. The lowest BCUT2D eigenvalue weighted by Gasteiger charge is -2.38. The molecule has 2 N–H and O–H groups in total. The highest BCUT2D eigenvalue weighted by Crippen LogP contribution is 2.40. The number of aromatic nitrogens is 3. The van der Waals surface area contributed by atoms with Crippen LogP contribution in [0.3, 0.4) is 0 Å². The Morgan fingerprint density at radius 1 is 1.32 bits per heavy atom. The van der Waals surface area contributed by atoms with E-state index in [0.29, 0.717) is 23.7 Å². The standard InChI is InChI=1S/C18H16N4O2S.CH2O2/c1-12-4-6-13(7-5-12)18(21-17(23)15-11-20-22-25-15)8-10-24-14-3-2-9-19-16(14)18;2-1-3/h2-7,9,11H,8,10H2,1H3,(H,21,23);1H,(H,2,3)/t18-;/m0./s1. The maximum atomic E-state index is 12.8. The number of hydrogen-bond donors (Lipinski definition) is 2. The number of carbonyl (C=O) groups is 2. The van der Waals surface area contributed by atoms with E-state index >= 15 is 0 Å². The van der Waals surface area contributed by atoms with Crippen LogP contribution in [0.2, 0.25) is 0 Å². The second kappa shape index (κ2) is 8.57. The molecule has 4 rings (SSSR count). The van der Waals surface area contributed by atoms with E-state index in [9.17, 15) is 4.79 Å². The molecule has 0 unspecified atom stereocenters. The topological polar surface area (TPSA) is 114 Å². The zero-order valence-corrected chi connectivity index (χ0v) is 15.8. The fourth-order valence-corrected chi connectivity index (χ4v) is 3.51. The van der Waals surface area contributed by atoms with Gasteiger partial charge in [-0.3, -0.25) is 14.6 Å². The fraction of sp³-hybridized carbons (Fsp3) is 0.211. The van der Waals surface area contributed by atoms with E-state index < -0.39 is 5.54 Å². The SMILES string of the molecule is Cc1ccc([C@@]2(NC(=O)c3cnns3)CCOc3cccnc32)cc1.O=CO. The van der Waals surface area contributed by atoms with E-state index in [-0.39, 0.29) is 12.4 Å². The van der Waals surface area contributed by atoms with Crippen molar-refractivity contribution in [2.45, 2.75) is 18.9 Å². The molecule has 0 radical (unpaired) electrons. The van der Waals surface area contributed by atoms with E-state index in [2.05, 4.69) is 19.9 Å². The molecule has 3 aromatic rings. The molecule has 1 aliphatic heterocycles. The summed E-state index contributed by atoms with van der Waals surface area (Å²) in [4.78, 5) is 26.1. The number of fused-ring (bicyclic) bond motifs is 1. The number of benzene rings is 1. The Bertz CT molecular complexity index is 947. The van der Waals surface area contributed by atoms with Crippen LogP contribution in [0, 0.1) is 6.92 Å². The Labute approximate surface area is 165 Å². The summed E-state index contributed by atoms with van der Waals surface area (Å²) in [6, 6.07) is 11.9. The van der Waals surface area contributed by atoms with Gasteiger partial charge in [0.1, 0.15) is 21.9 Å². The number of hydrogen-bond acceptors (Lipinski definition) is 7. The Balaban J connectivity index is 0.000000706. The predicted molar refractivity (Wildman–Crippen MR) is 102 cm³/mol. The molecule has 0 fully saturated rings. The van der Waals surface area contributed by atoms with Gasteiger partial charge in [-0.2, -0.15) is 0 Å². The van der Waals surface area contributed by atoms with Crippen molar-refractivity contribution in [3.05, 3.63) is 70.5 Å². The second-order valence-electron chi connectivity index (χ2n) is 6.06. The number of carbonyl (C=O) groups excluding carboxylic acids is 1. The summed E-state index contributed by atoms with van der Waals surface area (Å²) in [5.41, 5.74) is 2.11. The lowest BCUT2D eigenvalue weighted by Crippen LogP contribution is -2.50. The summed E-state index contributed by atoms with van der Waals surface area (Å²) < 4.78 is 9.54. The van der Waals surface area contributed by atoms with Crippen molar-refractivity contribution in [3.63, 3.8) is 0 Å². The summed E-state index contributed by atoms with van der Waals surface area (Å²) in [5.74, 6) is 0.478. The van der Waals surface area contributed by atoms with Gasteiger partial charge in [-0.15, -0.1) is 5.10 Å². The number of ether oxygens (including phenoxy) is 1. The van der Waals surface area contributed by atoms with Crippen molar-refractivity contribution in [2.24, 2.45) is 0 Å². The number of pyridine rings is 1. The van der Waals surface area contributed by atoms with Gasteiger partial charge in [-0.05, 0) is 36.2 Å². The first-order valence-corrected chi connectivity index (χ1v) is 9.21. The van der Waals surface area contributed by atoms with Crippen molar-refractivity contribution in [3.8, 4) is 5.75 Å². The van der Waals surface area contributed by atoms with Crippen LogP contribution in [-0.2, 0) is 10.3 Å². The Hall–Kier alpha value is -3.33. The Morgan fingerprint density at radius 2 is 2.07 bits per heavy atom. The van der Waals surface area contributed by atoms with Gasteiger partial charge in [0, 0.05) is 12.6 Å². The number of nitrogens with zero attached hydrogens (tertiary/aromatic N) is 3. The second-order valence-corrected chi connectivity index (χ2v) is 6.85. The minimum Gasteiger partial charge on any atom is -0.491 e. The minimum absolute atomic E-state index is 0.214. The average Bonchev–Trinajstić information content (AvgIpc) is 3.24. The van der Waals surface area contributed by atoms with Gasteiger partial charge >= 0.3 is 0 Å². The number of carboxylic acid groups (broad SMARTS) is 1. The van der Waals surface area contributed by atoms with Crippen LogP contribution in [0.4, 0.5) is 0 Å². The molecule has 2 aromatic heterocycles. The van der Waals surface area contributed by atoms with Gasteiger partial charge in [-0.1, -0.05) is 34.3 Å². The molecule has 1 aromatic carbocycles. The fourth-order valence-electron chi connectivity index (χ4n) is 3.10. The molecule has 0 spiro atoms. The molecule has 9 heteroatoms. The number of nitrogens with one attached hydrogen (secondary N) is 1. The van der Waals surface area contributed by atoms with Gasteiger partial charge in [0.25, 0.3) is 12.4 Å². The van der Waals surface area contributed by atoms with Crippen LogP contribution in [-0.4, -0.2) is 38.7 Å². The third-order valence-electron chi connectivity index (χ3n) is 4.37. The van der Waals surface area contributed by atoms with Crippen molar-refractivity contribution < 1.29 is 19.4 Å². The maximum Gasteiger partial charge on any atom is 0.290 e. The third-order valence-corrected chi connectivity index (χ3v) is 5.03. The predicted octanol–water partition coefficient (Wildman–Crippen LogP) is 2.40. The Kier molecular flexibility index (Phi) is 5.95. The van der Waals surface area contributed by atoms with Crippen molar-refractivity contribution in [1.29, 1.82) is 0 Å². The van der Waals surface area contributed by atoms with E-state index in [1.54, 1.807) is 6.20 Å². The smallest absolute Gasteiger partial charge is 0.290 e. The summed E-state index contributed by atoms with van der Waals surface area (Å²) in [6.45, 7) is 2.28. The lowest BCUT2D eigenvalue weighted by molar-refractivity contribution is -0.122. The zero-order chi connectivity index (χ0) is 20.0. The van der Waals surface area contributed by atoms with Gasteiger partial charge in [0.2, 0.25) is 0 Å². The highest BCUT2D eigenvalue weighted by atomic mass is 32.1. The summed E-state index contributed by atoms with van der Waals surface area (Å²) >= 11 is 1.07. The van der Waals surface area contributed by atoms with Gasteiger partial charge in [-0.25, -0.2) is 0 Å². The van der Waals surface area contributed by atoms with Crippen LogP contribution in [0.5, 0.6) is 5.75 Å². The first kappa shape index (κ1) is 19.4. The third kappa shape index (κ3) is 3.84. The highest BCUT2D eigenvalue weighted by molar-refractivity contribution is 7.07. The summed E-state index contributed by atoms with van der Waals surface area (Å²) in [6.07, 6.45) is 3.79. The van der Waals surface area contributed by atoms with Crippen molar-refractivity contribution in [2.75, 3.05) is 6.61 Å². The molecule has 3 heterocycles. The molecule has 28 heavy (non-hydrogen) atoms. The van der Waals surface area contributed by atoms with Crippen LogP contribution in [0.25, 0.3) is 0 Å². The quantitative estimate of drug-likeness (QED) is 0.651. The molecule has 8 nitrogen and oxygen atoms in total. The molecular weight excluding hydrogens is 380 g/mol. The number of amides is 1. The first-order chi connectivity index (χ1) is 13.6. The summed E-state index contributed by atoms with van der Waals surface area (Å²) in [5, 5.41) is 13.8. The van der Waals surface area contributed by atoms with Crippen LogP contribution < -0.4 is 10.1 Å². The molecular formula is C19H18N4O4S. The molecule has 0 saturated carbocycles. The molecule has 1 amide bonds. The first-order valence-electron chi connectivity index (χ1n) is 8.44. The van der Waals surface area contributed by atoms with E-state index in [1.165, 1.54) is 6.20 Å². The highest BCUT2D eigenvalue weighted by Gasteiger charge is 2.42. The van der Waals surface area contributed by atoms with Crippen LogP contribution in [0.15, 0.2) is 48.8 Å². The molecule has 144 valence electrons. The van der Waals surface area contributed by atoms with Crippen molar-refractivity contribution in [1.82, 2.24) is 19.9 Å². The van der Waals surface area contributed by atoms with E-state index in [0.717, 1.165) is 28.4 Å². The normalized spacial score (nSPS) is 17.3. The number of aryl methyl sites for hydroxylation is 1. The van der Waals surface area contributed by atoms with Crippen molar-refractivity contribution >= 4 is 23.9 Å².